The Bertz CT molecular complexity index is 1050. The number of amides is 3. The number of nitrogens with one attached hydrogen (secondary N) is 1. The van der Waals surface area contributed by atoms with Gasteiger partial charge in [0, 0.05) is 18.9 Å². The first kappa shape index (κ1) is 20.8. The first-order chi connectivity index (χ1) is 15.6. The molecule has 3 amide bonds. The minimum absolute atomic E-state index is 0.147. The van der Waals surface area contributed by atoms with E-state index in [-0.39, 0.29) is 30.2 Å². The lowest BCUT2D eigenvalue weighted by atomic mass is 9.47. The summed E-state index contributed by atoms with van der Waals surface area (Å²) in [5, 5.41) is 10.8. The number of aliphatic hydroxyl groups is 1. The van der Waals surface area contributed by atoms with Crippen molar-refractivity contribution in [3.63, 3.8) is 0 Å². The van der Waals surface area contributed by atoms with Gasteiger partial charge in [0.15, 0.2) is 0 Å². The lowest BCUT2D eigenvalue weighted by Gasteiger charge is -2.53. The zero-order chi connectivity index (χ0) is 22.5. The smallest absolute Gasteiger partial charge is 0.234 e. The molecule has 32 heavy (non-hydrogen) atoms. The number of hydrazine groups is 1. The number of carbonyl (C=O) groups is 3. The van der Waals surface area contributed by atoms with Crippen molar-refractivity contribution in [2.24, 2.45) is 17.7 Å². The second kappa shape index (κ2) is 7.83. The molecule has 1 heterocycles. The van der Waals surface area contributed by atoms with Gasteiger partial charge in [-0.25, -0.2) is 5.84 Å². The maximum Gasteiger partial charge on any atom is 0.234 e. The molecule has 0 saturated carbocycles. The normalized spacial score (nSPS) is 27.2. The Morgan fingerprint density at radius 3 is 2.19 bits per heavy atom. The van der Waals surface area contributed by atoms with E-state index in [0.29, 0.717) is 25.8 Å². The molecule has 1 fully saturated rings. The molecule has 1 saturated heterocycles. The van der Waals surface area contributed by atoms with Gasteiger partial charge in [-0.1, -0.05) is 55.0 Å². The van der Waals surface area contributed by atoms with Gasteiger partial charge in [0.25, 0.3) is 0 Å². The van der Waals surface area contributed by atoms with Crippen LogP contribution in [0.4, 0.5) is 0 Å². The van der Waals surface area contributed by atoms with Crippen molar-refractivity contribution in [1.29, 1.82) is 0 Å². The standard InChI is InChI=1S/C25H27N3O4/c26-27-19(30)12-2-1-7-13-28-23(31)21-20-15-8-3-5-10-17(15)25(14-29,22(21)24(28)32)18-11-6-4-9-16(18)20/h3-6,8-11,20-22,29H,1-2,7,12-14,26H2,(H,27,30)/t20?,21-,22+,25?/m0/s1. The van der Waals surface area contributed by atoms with Gasteiger partial charge in [-0.05, 0) is 35.1 Å². The summed E-state index contributed by atoms with van der Waals surface area (Å²) in [6.45, 7) is 0.103. The Kier molecular flexibility index (Phi) is 5.10. The summed E-state index contributed by atoms with van der Waals surface area (Å²) >= 11 is 0. The fraction of sp³-hybridized carbons (Fsp3) is 0.400. The van der Waals surface area contributed by atoms with Gasteiger partial charge < -0.3 is 5.11 Å². The molecule has 2 atom stereocenters. The third kappa shape index (κ3) is 2.71. The molecule has 4 aliphatic rings. The van der Waals surface area contributed by atoms with E-state index in [1.165, 1.54) is 4.90 Å². The fourth-order valence-corrected chi connectivity index (χ4v) is 6.28. The maximum atomic E-state index is 13.7. The molecule has 1 aliphatic heterocycles. The Balaban J connectivity index is 1.49. The van der Waals surface area contributed by atoms with E-state index in [4.69, 9.17) is 5.84 Å². The molecule has 0 spiro atoms. The minimum atomic E-state index is -0.909. The largest absolute Gasteiger partial charge is 0.395 e. The third-order valence-electron chi connectivity index (χ3n) is 7.58. The van der Waals surface area contributed by atoms with E-state index < -0.39 is 17.3 Å². The maximum absolute atomic E-state index is 13.7. The van der Waals surface area contributed by atoms with Crippen molar-refractivity contribution in [2.75, 3.05) is 13.2 Å². The Morgan fingerprint density at radius 1 is 0.969 bits per heavy atom. The molecule has 7 heteroatoms. The monoisotopic (exact) mass is 433 g/mol. The van der Waals surface area contributed by atoms with E-state index in [1.54, 1.807) is 0 Å². The Morgan fingerprint density at radius 2 is 1.59 bits per heavy atom. The molecule has 0 aromatic heterocycles. The molecular formula is C25H27N3O4. The number of hydrogen-bond acceptors (Lipinski definition) is 5. The third-order valence-corrected chi connectivity index (χ3v) is 7.58. The van der Waals surface area contributed by atoms with E-state index in [1.807, 2.05) is 48.5 Å². The van der Waals surface area contributed by atoms with Crippen molar-refractivity contribution in [3.8, 4) is 0 Å². The zero-order valence-corrected chi connectivity index (χ0v) is 17.8. The predicted molar refractivity (Wildman–Crippen MR) is 117 cm³/mol. The molecule has 4 N–H and O–H groups in total. The lowest BCUT2D eigenvalue weighted by Crippen LogP contribution is -2.55. The number of imide groups is 1. The van der Waals surface area contributed by atoms with Crippen LogP contribution in [0, 0.1) is 11.8 Å². The highest BCUT2D eigenvalue weighted by atomic mass is 16.3. The summed E-state index contributed by atoms with van der Waals surface area (Å²) in [6, 6.07) is 15.8. The summed E-state index contributed by atoms with van der Waals surface area (Å²) < 4.78 is 0. The highest BCUT2D eigenvalue weighted by Gasteiger charge is 2.67. The minimum Gasteiger partial charge on any atom is -0.395 e. The number of aliphatic hydroxyl groups excluding tert-OH is 1. The molecule has 3 aliphatic carbocycles. The number of nitrogens with zero attached hydrogens (tertiary/aromatic N) is 1. The highest BCUT2D eigenvalue weighted by molar-refractivity contribution is 6.08. The first-order valence-electron chi connectivity index (χ1n) is 11.2. The molecule has 2 aromatic rings. The van der Waals surface area contributed by atoms with Gasteiger partial charge in [-0.2, -0.15) is 0 Å². The summed E-state index contributed by atoms with van der Waals surface area (Å²) in [7, 11) is 0. The number of carbonyl (C=O) groups excluding carboxylic acids is 3. The molecule has 7 nitrogen and oxygen atoms in total. The summed E-state index contributed by atoms with van der Waals surface area (Å²) in [4.78, 5) is 39.9. The van der Waals surface area contributed by atoms with Gasteiger partial charge in [0.1, 0.15) is 0 Å². The van der Waals surface area contributed by atoms with Crippen LogP contribution in [0.25, 0.3) is 0 Å². The number of rotatable bonds is 7. The van der Waals surface area contributed by atoms with Crippen LogP contribution in [-0.2, 0) is 19.8 Å². The van der Waals surface area contributed by atoms with Crippen LogP contribution in [0.15, 0.2) is 48.5 Å². The number of hydrogen-bond donors (Lipinski definition) is 3. The highest BCUT2D eigenvalue weighted by Crippen LogP contribution is 2.63. The van der Waals surface area contributed by atoms with Crippen LogP contribution in [-0.4, -0.2) is 40.9 Å². The summed E-state index contributed by atoms with van der Waals surface area (Å²) in [6.07, 6.45) is 2.32. The van der Waals surface area contributed by atoms with Crippen molar-refractivity contribution in [3.05, 3.63) is 70.8 Å². The molecule has 2 aromatic carbocycles. The van der Waals surface area contributed by atoms with Crippen LogP contribution in [0.1, 0.15) is 53.9 Å². The molecule has 6 rings (SSSR count). The van der Waals surface area contributed by atoms with Gasteiger partial charge in [0.05, 0.1) is 23.9 Å². The topological polar surface area (TPSA) is 113 Å². The van der Waals surface area contributed by atoms with E-state index in [0.717, 1.165) is 28.7 Å². The summed E-state index contributed by atoms with van der Waals surface area (Å²) in [5.74, 6) is 3.26. The van der Waals surface area contributed by atoms with E-state index in [9.17, 15) is 19.5 Å². The quantitative estimate of drug-likeness (QED) is 0.202. The summed E-state index contributed by atoms with van der Waals surface area (Å²) in [5.41, 5.74) is 5.20. The second-order valence-electron chi connectivity index (χ2n) is 8.99. The van der Waals surface area contributed by atoms with Crippen LogP contribution in [0.3, 0.4) is 0 Å². The lowest BCUT2D eigenvalue weighted by molar-refractivity contribution is -0.140. The fourth-order valence-electron chi connectivity index (χ4n) is 6.28. The molecule has 0 radical (unpaired) electrons. The zero-order valence-electron chi connectivity index (χ0n) is 17.8. The van der Waals surface area contributed by atoms with Crippen molar-refractivity contribution >= 4 is 17.7 Å². The molecule has 2 bridgehead atoms. The number of unbranched alkanes of at least 4 members (excludes halogenated alkanes) is 2. The van der Waals surface area contributed by atoms with Crippen molar-refractivity contribution in [2.45, 2.75) is 37.0 Å². The van der Waals surface area contributed by atoms with Crippen LogP contribution in [0.5, 0.6) is 0 Å². The van der Waals surface area contributed by atoms with Crippen LogP contribution in [0.2, 0.25) is 0 Å². The predicted octanol–water partition coefficient (Wildman–Crippen LogP) is 1.58. The van der Waals surface area contributed by atoms with Gasteiger partial charge in [-0.3, -0.25) is 24.7 Å². The van der Waals surface area contributed by atoms with Crippen molar-refractivity contribution < 1.29 is 19.5 Å². The van der Waals surface area contributed by atoms with Crippen LogP contribution < -0.4 is 11.3 Å². The van der Waals surface area contributed by atoms with Gasteiger partial charge in [0.2, 0.25) is 17.7 Å². The van der Waals surface area contributed by atoms with Gasteiger partial charge >= 0.3 is 0 Å². The number of nitrogens with two attached hydrogens (primary N) is 1. The average Bonchev–Trinajstić information content (AvgIpc) is 3.09. The first-order valence-corrected chi connectivity index (χ1v) is 11.2. The van der Waals surface area contributed by atoms with Gasteiger partial charge in [-0.15, -0.1) is 0 Å². The van der Waals surface area contributed by atoms with E-state index in [2.05, 4.69) is 5.43 Å². The molecular weight excluding hydrogens is 406 g/mol. The Labute approximate surface area is 186 Å². The Hall–Kier alpha value is -3.03. The second-order valence-corrected chi connectivity index (χ2v) is 8.99. The number of likely N-dealkylation sites (tertiary alicyclic amines) is 1. The van der Waals surface area contributed by atoms with Crippen LogP contribution >= 0.6 is 0 Å². The number of benzene rings is 2. The SMILES string of the molecule is NNC(=O)CCCCCN1C(=O)[C@H]2C3c4ccccc4C(CO)(c4ccccc43)[C@H]2C1=O. The average molecular weight is 434 g/mol. The molecule has 166 valence electrons. The van der Waals surface area contributed by atoms with Crippen molar-refractivity contribution in [1.82, 2.24) is 10.3 Å². The molecule has 0 unspecified atom stereocenters. The van der Waals surface area contributed by atoms with E-state index >= 15 is 0 Å².